The van der Waals surface area contributed by atoms with Gasteiger partial charge in [0.15, 0.2) is 5.76 Å². The van der Waals surface area contributed by atoms with Gasteiger partial charge in [-0.3, -0.25) is 9.59 Å². The molecule has 138 valence electrons. The Labute approximate surface area is 158 Å². The molecule has 1 aliphatic rings. The molecule has 3 atom stereocenters. The largest absolute Gasteiger partial charge is 0.459 e. The molecular formula is C20H24N2O3S. The number of nitrogens with one attached hydrogen (secondary N) is 1. The monoisotopic (exact) mass is 372 g/mol. The lowest BCUT2D eigenvalue weighted by Crippen LogP contribution is -2.50. The van der Waals surface area contributed by atoms with Crippen molar-refractivity contribution in [3.8, 4) is 0 Å². The van der Waals surface area contributed by atoms with Gasteiger partial charge in [0.2, 0.25) is 5.91 Å². The van der Waals surface area contributed by atoms with Gasteiger partial charge < -0.3 is 14.6 Å². The molecule has 2 amide bonds. The molecule has 0 spiro atoms. The summed E-state index contributed by atoms with van der Waals surface area (Å²) in [7, 11) is 0. The highest BCUT2D eigenvalue weighted by Crippen LogP contribution is 2.34. The lowest BCUT2D eigenvalue weighted by Gasteiger charge is -2.28. The Morgan fingerprint density at radius 1 is 1.27 bits per heavy atom. The summed E-state index contributed by atoms with van der Waals surface area (Å²) in [5.41, 5.74) is 1.04. The molecule has 3 rings (SSSR count). The van der Waals surface area contributed by atoms with Crippen molar-refractivity contribution in [1.29, 1.82) is 0 Å². The summed E-state index contributed by atoms with van der Waals surface area (Å²) in [6.07, 6.45) is 3.29. The van der Waals surface area contributed by atoms with Crippen LogP contribution in [0.5, 0.6) is 0 Å². The van der Waals surface area contributed by atoms with Crippen LogP contribution in [0.3, 0.4) is 0 Å². The van der Waals surface area contributed by atoms with Gasteiger partial charge in [0.25, 0.3) is 5.91 Å². The van der Waals surface area contributed by atoms with E-state index in [2.05, 4.69) is 12.2 Å². The quantitative estimate of drug-likeness (QED) is 0.837. The zero-order valence-corrected chi connectivity index (χ0v) is 15.9. The zero-order valence-electron chi connectivity index (χ0n) is 15.1. The predicted octanol–water partition coefficient (Wildman–Crippen LogP) is 3.84. The molecule has 0 bridgehead atoms. The second-order valence-corrected chi connectivity index (χ2v) is 7.63. The molecule has 2 heterocycles. The van der Waals surface area contributed by atoms with E-state index in [-0.39, 0.29) is 29.0 Å². The molecule has 0 aliphatic carbocycles. The fourth-order valence-corrected chi connectivity index (χ4v) is 4.69. The minimum atomic E-state index is -0.486. The smallest absolute Gasteiger partial charge is 0.291 e. The number of rotatable bonds is 6. The van der Waals surface area contributed by atoms with E-state index in [1.165, 1.54) is 6.26 Å². The number of carbonyl (C=O) groups excluding carboxylic acids is 2. The van der Waals surface area contributed by atoms with Crippen molar-refractivity contribution >= 4 is 23.6 Å². The minimum Gasteiger partial charge on any atom is -0.459 e. The third-order valence-electron chi connectivity index (χ3n) is 4.56. The van der Waals surface area contributed by atoms with Gasteiger partial charge in [-0.05, 0) is 31.0 Å². The highest BCUT2D eigenvalue weighted by Gasteiger charge is 2.42. The maximum atomic E-state index is 12.9. The summed E-state index contributed by atoms with van der Waals surface area (Å²) in [6.45, 7) is 4.04. The number of furan rings is 1. The minimum absolute atomic E-state index is 0.000353. The molecule has 2 aromatic rings. The third kappa shape index (κ3) is 3.96. The van der Waals surface area contributed by atoms with Crippen LogP contribution in [-0.2, 0) is 4.79 Å². The first-order chi connectivity index (χ1) is 12.6. The van der Waals surface area contributed by atoms with Crippen LogP contribution < -0.4 is 5.32 Å². The number of hydrogen-bond donors (Lipinski definition) is 1. The number of amides is 2. The SMILES string of the molecule is CCCC1SCC(C(=O)NC(C)c2ccccc2)N1C(=O)c1ccco1. The van der Waals surface area contributed by atoms with Crippen LogP contribution in [0, 0.1) is 0 Å². The van der Waals surface area contributed by atoms with Crippen molar-refractivity contribution in [3.05, 3.63) is 60.1 Å². The Kier molecular flexibility index (Phi) is 6.04. The van der Waals surface area contributed by atoms with E-state index in [4.69, 9.17) is 4.42 Å². The lowest BCUT2D eigenvalue weighted by atomic mass is 10.1. The van der Waals surface area contributed by atoms with Gasteiger partial charge in [-0.25, -0.2) is 0 Å². The van der Waals surface area contributed by atoms with Gasteiger partial charge >= 0.3 is 0 Å². The standard InChI is InChI=1S/C20H24N2O3S/c1-3-8-18-22(20(24)17-11-7-12-25-17)16(13-26-18)19(23)21-14(2)15-9-5-4-6-10-15/h4-7,9-12,14,16,18H,3,8,13H2,1-2H3,(H,21,23). The number of benzene rings is 1. The molecule has 1 N–H and O–H groups in total. The Morgan fingerprint density at radius 2 is 2.04 bits per heavy atom. The van der Waals surface area contributed by atoms with Crippen molar-refractivity contribution < 1.29 is 14.0 Å². The average Bonchev–Trinajstić information content (AvgIpc) is 3.32. The first-order valence-corrected chi connectivity index (χ1v) is 9.99. The Bertz CT molecular complexity index is 733. The van der Waals surface area contributed by atoms with Gasteiger partial charge in [-0.15, -0.1) is 11.8 Å². The van der Waals surface area contributed by atoms with Crippen molar-refractivity contribution in [2.24, 2.45) is 0 Å². The first kappa shape index (κ1) is 18.6. The molecule has 0 saturated carbocycles. The molecule has 1 fully saturated rings. The van der Waals surface area contributed by atoms with Crippen LogP contribution in [0.2, 0.25) is 0 Å². The summed E-state index contributed by atoms with van der Waals surface area (Å²) in [6, 6.07) is 12.6. The number of carbonyl (C=O) groups is 2. The van der Waals surface area contributed by atoms with E-state index >= 15 is 0 Å². The summed E-state index contributed by atoms with van der Waals surface area (Å²) in [5, 5.41) is 3.05. The van der Waals surface area contributed by atoms with Crippen molar-refractivity contribution in [2.75, 3.05) is 5.75 Å². The Hall–Kier alpha value is -2.21. The molecule has 5 nitrogen and oxygen atoms in total. The molecule has 3 unspecified atom stereocenters. The summed E-state index contributed by atoms with van der Waals surface area (Å²) in [5.74, 6) is 0.547. The van der Waals surface area contributed by atoms with E-state index < -0.39 is 6.04 Å². The van der Waals surface area contributed by atoms with Crippen molar-refractivity contribution in [2.45, 2.75) is 44.1 Å². The highest BCUT2D eigenvalue weighted by molar-refractivity contribution is 8.00. The first-order valence-electron chi connectivity index (χ1n) is 8.95. The summed E-state index contributed by atoms with van der Waals surface area (Å²) >= 11 is 1.66. The second kappa shape index (κ2) is 8.45. The summed E-state index contributed by atoms with van der Waals surface area (Å²) < 4.78 is 5.28. The Balaban J connectivity index is 1.76. The van der Waals surface area contributed by atoms with Crippen molar-refractivity contribution in [3.63, 3.8) is 0 Å². The highest BCUT2D eigenvalue weighted by atomic mass is 32.2. The molecule has 1 aliphatic heterocycles. The number of thioether (sulfide) groups is 1. The zero-order chi connectivity index (χ0) is 18.5. The van der Waals surface area contributed by atoms with Gasteiger partial charge in [0.1, 0.15) is 6.04 Å². The van der Waals surface area contributed by atoms with Crippen LogP contribution in [0.1, 0.15) is 48.8 Å². The molecule has 1 aromatic carbocycles. The van der Waals surface area contributed by atoms with Gasteiger partial charge in [-0.2, -0.15) is 0 Å². The maximum absolute atomic E-state index is 12.9. The van der Waals surface area contributed by atoms with E-state index in [9.17, 15) is 9.59 Å². The molecule has 1 saturated heterocycles. The number of nitrogens with zero attached hydrogens (tertiary/aromatic N) is 1. The third-order valence-corrected chi connectivity index (χ3v) is 5.91. The lowest BCUT2D eigenvalue weighted by molar-refractivity contribution is -0.125. The maximum Gasteiger partial charge on any atom is 0.291 e. The van der Waals surface area contributed by atoms with E-state index in [1.54, 1.807) is 28.8 Å². The van der Waals surface area contributed by atoms with Gasteiger partial charge in [0, 0.05) is 5.75 Å². The van der Waals surface area contributed by atoms with E-state index in [1.807, 2.05) is 37.3 Å². The van der Waals surface area contributed by atoms with Crippen LogP contribution in [0.25, 0.3) is 0 Å². The van der Waals surface area contributed by atoms with E-state index in [0.717, 1.165) is 18.4 Å². The molecule has 6 heteroatoms. The summed E-state index contributed by atoms with van der Waals surface area (Å²) in [4.78, 5) is 27.5. The molecule has 0 radical (unpaired) electrons. The van der Waals surface area contributed by atoms with Crippen LogP contribution in [0.15, 0.2) is 53.1 Å². The molecular weight excluding hydrogens is 348 g/mol. The topological polar surface area (TPSA) is 62.6 Å². The van der Waals surface area contributed by atoms with Gasteiger partial charge in [-0.1, -0.05) is 43.7 Å². The molecule has 1 aromatic heterocycles. The normalized spacial score (nSPS) is 20.8. The van der Waals surface area contributed by atoms with Gasteiger partial charge in [0.05, 0.1) is 17.7 Å². The van der Waals surface area contributed by atoms with Crippen LogP contribution >= 0.6 is 11.8 Å². The van der Waals surface area contributed by atoms with E-state index in [0.29, 0.717) is 5.75 Å². The fraction of sp³-hybridized carbons (Fsp3) is 0.400. The fourth-order valence-electron chi connectivity index (χ4n) is 3.17. The molecule has 26 heavy (non-hydrogen) atoms. The number of hydrogen-bond acceptors (Lipinski definition) is 4. The predicted molar refractivity (Wildman–Crippen MR) is 103 cm³/mol. The van der Waals surface area contributed by atoms with Crippen LogP contribution in [-0.4, -0.2) is 33.9 Å². The Morgan fingerprint density at radius 3 is 2.69 bits per heavy atom. The second-order valence-electron chi connectivity index (χ2n) is 6.42. The van der Waals surface area contributed by atoms with Crippen LogP contribution in [0.4, 0.5) is 0 Å². The van der Waals surface area contributed by atoms with Crippen molar-refractivity contribution in [1.82, 2.24) is 10.2 Å². The average molecular weight is 372 g/mol.